The van der Waals surface area contributed by atoms with Crippen molar-refractivity contribution in [3.8, 4) is 11.8 Å². The van der Waals surface area contributed by atoms with Crippen LogP contribution in [0.25, 0.3) is 10.8 Å². The molecular weight excluding hydrogens is 537 g/mol. The van der Waals surface area contributed by atoms with Gasteiger partial charge in [-0.15, -0.1) is 0 Å². The van der Waals surface area contributed by atoms with Crippen LogP contribution in [0.4, 0.5) is 18.9 Å². The minimum absolute atomic E-state index is 0.0708. The van der Waals surface area contributed by atoms with Crippen molar-refractivity contribution < 1.29 is 27.4 Å². The Labute approximate surface area is 235 Å². The highest BCUT2D eigenvalue weighted by molar-refractivity contribution is 5.98. The number of benzene rings is 2. The zero-order valence-corrected chi connectivity index (χ0v) is 23.2. The fraction of sp³-hybridized carbons (Fsp3) is 0.467. The first-order chi connectivity index (χ1) is 19.8. The molecule has 0 bridgehead atoms. The molecule has 0 spiro atoms. The number of rotatable bonds is 8. The van der Waals surface area contributed by atoms with E-state index in [1.807, 2.05) is 24.0 Å². The van der Waals surface area contributed by atoms with Gasteiger partial charge < -0.3 is 19.1 Å². The molecule has 11 heteroatoms. The summed E-state index contributed by atoms with van der Waals surface area (Å²) in [5, 5.41) is 1.64. The standard InChI is InChI=1S/C30H33F3N4O4/c1-3-21-23(31)6-5-18-11-20(41-17-39-2)12-25(26(18)21)36-10-7-22-24(15-36)34-29(35-28(22)38)40-16-30-8-4-9-37(30)14-19(13-30)27(32)33/h5-6,11-12H,3-4,7-10,13-17H2,1-2H3,(H,34,35,38). The van der Waals surface area contributed by atoms with Gasteiger partial charge in [0, 0.05) is 48.5 Å². The van der Waals surface area contributed by atoms with Crippen LogP contribution in [0.1, 0.15) is 43.0 Å². The first-order valence-electron chi connectivity index (χ1n) is 14.0. The number of ether oxygens (including phenoxy) is 3. The lowest BCUT2D eigenvalue weighted by Crippen LogP contribution is -2.44. The van der Waals surface area contributed by atoms with Gasteiger partial charge in [0.2, 0.25) is 0 Å². The van der Waals surface area contributed by atoms with Crippen molar-refractivity contribution in [3.63, 3.8) is 0 Å². The normalized spacial score (nSPS) is 20.4. The summed E-state index contributed by atoms with van der Waals surface area (Å²) in [5.41, 5.74) is 1.93. The summed E-state index contributed by atoms with van der Waals surface area (Å²) in [7, 11) is 1.54. The van der Waals surface area contributed by atoms with Gasteiger partial charge in [0.1, 0.15) is 18.2 Å². The average Bonchev–Trinajstić information content (AvgIpc) is 3.52. The fourth-order valence-electron chi connectivity index (χ4n) is 6.63. The zero-order valence-electron chi connectivity index (χ0n) is 23.2. The molecule has 3 aromatic rings. The molecule has 1 unspecified atom stereocenters. The van der Waals surface area contributed by atoms with Crippen LogP contribution in [0.2, 0.25) is 0 Å². The summed E-state index contributed by atoms with van der Waals surface area (Å²) in [5.74, 6) is 0.319. The first kappa shape index (κ1) is 27.6. The number of hydrogen-bond donors (Lipinski definition) is 1. The quantitative estimate of drug-likeness (QED) is 0.385. The molecule has 0 radical (unpaired) electrons. The van der Waals surface area contributed by atoms with Crippen LogP contribution in [0, 0.1) is 5.82 Å². The number of aromatic nitrogens is 2. The fourth-order valence-corrected chi connectivity index (χ4v) is 6.63. The van der Waals surface area contributed by atoms with Crippen LogP contribution < -0.4 is 19.9 Å². The predicted molar refractivity (Wildman–Crippen MR) is 148 cm³/mol. The van der Waals surface area contributed by atoms with Crippen molar-refractivity contribution in [1.82, 2.24) is 14.9 Å². The maximum absolute atomic E-state index is 14.9. The lowest BCUT2D eigenvalue weighted by molar-refractivity contribution is 0.0512. The smallest absolute Gasteiger partial charge is 0.296 e. The third-order valence-corrected chi connectivity index (χ3v) is 8.62. The number of nitrogens with zero attached hydrogens (tertiary/aromatic N) is 3. The summed E-state index contributed by atoms with van der Waals surface area (Å²) >= 11 is 0. The van der Waals surface area contributed by atoms with Crippen LogP contribution in [-0.2, 0) is 24.1 Å². The third kappa shape index (κ3) is 5.05. The Balaban J connectivity index is 1.31. The number of fused-ring (bicyclic) bond motifs is 3. The number of aryl methyl sites for hydroxylation is 1. The molecule has 8 nitrogen and oxygen atoms in total. The molecule has 4 heterocycles. The van der Waals surface area contributed by atoms with Crippen LogP contribution in [0.5, 0.6) is 11.8 Å². The van der Waals surface area contributed by atoms with Gasteiger partial charge >= 0.3 is 0 Å². The number of hydrogen-bond acceptors (Lipinski definition) is 7. The Bertz CT molecular complexity index is 1570. The van der Waals surface area contributed by atoms with Crippen molar-refractivity contribution in [2.75, 3.05) is 45.0 Å². The highest BCUT2D eigenvalue weighted by Crippen LogP contribution is 2.43. The van der Waals surface area contributed by atoms with Crippen LogP contribution in [0.15, 0.2) is 40.7 Å². The van der Waals surface area contributed by atoms with E-state index >= 15 is 0 Å². The molecule has 1 atom stereocenters. The Morgan fingerprint density at radius 3 is 2.80 bits per heavy atom. The molecule has 0 saturated carbocycles. The summed E-state index contributed by atoms with van der Waals surface area (Å²) in [4.78, 5) is 24.6. The Morgan fingerprint density at radius 1 is 1.17 bits per heavy atom. The Hall–Kier alpha value is -3.57. The van der Waals surface area contributed by atoms with Gasteiger partial charge in [-0.2, -0.15) is 13.8 Å². The van der Waals surface area contributed by atoms with Crippen LogP contribution in [0.3, 0.4) is 0 Å². The molecule has 1 N–H and O–H groups in total. The lowest BCUT2D eigenvalue weighted by atomic mass is 9.94. The number of aromatic amines is 1. The second-order valence-corrected chi connectivity index (χ2v) is 11.0. The van der Waals surface area contributed by atoms with E-state index in [2.05, 4.69) is 14.9 Å². The zero-order chi connectivity index (χ0) is 28.7. The highest BCUT2D eigenvalue weighted by atomic mass is 19.3. The minimum atomic E-state index is -1.62. The van der Waals surface area contributed by atoms with Crippen LogP contribution >= 0.6 is 0 Å². The maximum Gasteiger partial charge on any atom is 0.296 e. The van der Waals surface area contributed by atoms with Crippen molar-refractivity contribution in [1.29, 1.82) is 0 Å². The van der Waals surface area contributed by atoms with Gasteiger partial charge in [-0.3, -0.25) is 14.7 Å². The molecule has 3 aliphatic rings. The molecule has 218 valence electrons. The van der Waals surface area contributed by atoms with E-state index in [0.29, 0.717) is 48.5 Å². The second kappa shape index (κ2) is 11.0. The van der Waals surface area contributed by atoms with Gasteiger partial charge in [-0.05, 0) is 61.7 Å². The number of halogens is 3. The van der Waals surface area contributed by atoms with E-state index in [9.17, 15) is 18.0 Å². The average molecular weight is 571 g/mol. The number of nitrogens with one attached hydrogen (secondary N) is 1. The summed E-state index contributed by atoms with van der Waals surface area (Å²) in [6.07, 6.45) is 1.25. The van der Waals surface area contributed by atoms with E-state index < -0.39 is 11.6 Å². The third-order valence-electron chi connectivity index (χ3n) is 8.62. The summed E-state index contributed by atoms with van der Waals surface area (Å²) < 4.78 is 58.5. The molecule has 3 aliphatic heterocycles. The van der Waals surface area contributed by atoms with E-state index in [0.717, 1.165) is 35.8 Å². The van der Waals surface area contributed by atoms with Crippen LogP contribution in [-0.4, -0.2) is 60.6 Å². The number of anilines is 1. The van der Waals surface area contributed by atoms with E-state index in [4.69, 9.17) is 14.2 Å². The number of methoxy groups -OCH3 is 1. The van der Waals surface area contributed by atoms with Gasteiger partial charge in [0.05, 0.1) is 17.8 Å². The second-order valence-electron chi connectivity index (χ2n) is 11.0. The SMILES string of the molecule is CCc1c(F)ccc2cc(OCOC)cc(N3CCc4c(nc(OCC56CCCN5CC(=C(F)F)C6)[nH]c4=O)C3)c12. The molecule has 1 aromatic heterocycles. The lowest BCUT2D eigenvalue weighted by Gasteiger charge is -2.32. The van der Waals surface area contributed by atoms with Gasteiger partial charge in [-0.1, -0.05) is 13.0 Å². The first-order valence-corrected chi connectivity index (χ1v) is 14.0. The largest absolute Gasteiger partial charge is 0.467 e. The Kier molecular flexibility index (Phi) is 7.41. The van der Waals surface area contributed by atoms with Crippen molar-refractivity contribution >= 4 is 16.5 Å². The van der Waals surface area contributed by atoms with Crippen molar-refractivity contribution in [3.05, 3.63) is 68.9 Å². The van der Waals surface area contributed by atoms with Crippen molar-refractivity contribution in [2.45, 2.75) is 51.1 Å². The topological polar surface area (TPSA) is 79.9 Å². The monoisotopic (exact) mass is 570 g/mol. The van der Waals surface area contributed by atoms with Gasteiger partial charge in [0.15, 0.2) is 6.79 Å². The number of H-pyrrole nitrogens is 1. The summed E-state index contributed by atoms with van der Waals surface area (Å²) in [6.45, 7) is 3.99. The summed E-state index contributed by atoms with van der Waals surface area (Å²) in [6, 6.07) is 7.03. The Morgan fingerprint density at radius 2 is 2.02 bits per heavy atom. The van der Waals surface area contributed by atoms with E-state index in [1.54, 1.807) is 13.2 Å². The van der Waals surface area contributed by atoms with E-state index in [1.165, 1.54) is 6.07 Å². The van der Waals surface area contributed by atoms with Crippen molar-refractivity contribution in [2.24, 2.45) is 0 Å². The van der Waals surface area contributed by atoms with Gasteiger partial charge in [-0.25, -0.2) is 4.39 Å². The molecule has 2 fully saturated rings. The molecule has 6 rings (SSSR count). The maximum atomic E-state index is 14.9. The molecule has 0 amide bonds. The molecule has 2 aromatic carbocycles. The van der Waals surface area contributed by atoms with E-state index in [-0.39, 0.29) is 49.3 Å². The molecule has 2 saturated heterocycles. The predicted octanol–water partition coefficient (Wildman–Crippen LogP) is 4.94. The molecular formula is C30H33F3N4O4. The highest BCUT2D eigenvalue weighted by Gasteiger charge is 2.48. The minimum Gasteiger partial charge on any atom is -0.467 e. The molecule has 41 heavy (non-hydrogen) atoms. The molecule has 0 aliphatic carbocycles. The van der Waals surface area contributed by atoms with Gasteiger partial charge in [0.25, 0.3) is 17.7 Å².